The molecule has 0 saturated heterocycles. The maximum absolute atomic E-state index is 11.9. The van der Waals surface area contributed by atoms with E-state index in [1.54, 1.807) is 24.3 Å². The van der Waals surface area contributed by atoms with E-state index in [0.29, 0.717) is 11.4 Å². The number of primary amides is 1. The third-order valence-electron chi connectivity index (χ3n) is 3.30. The molecule has 0 radical (unpaired) electrons. The van der Waals surface area contributed by atoms with Crippen molar-refractivity contribution in [3.8, 4) is 5.75 Å². The molecule has 0 bridgehead atoms. The average Bonchev–Trinajstić information content (AvgIpc) is 2.47. The first-order valence-electron chi connectivity index (χ1n) is 7.01. The Balaban J connectivity index is 2.50. The lowest BCUT2D eigenvalue weighted by molar-refractivity contribution is -0.119. The van der Waals surface area contributed by atoms with Crippen LogP contribution in [0.15, 0.2) is 24.3 Å². The van der Waals surface area contributed by atoms with E-state index < -0.39 is 11.9 Å². The number of nitrogens with one attached hydrogen (secondary N) is 1. The molecule has 0 spiro atoms. The second-order valence-electron chi connectivity index (χ2n) is 4.99. The highest BCUT2D eigenvalue weighted by Crippen LogP contribution is 2.16. The van der Waals surface area contributed by atoms with Crippen LogP contribution in [-0.2, 0) is 9.59 Å². The van der Waals surface area contributed by atoms with Gasteiger partial charge in [-0.05, 0) is 30.2 Å². The van der Waals surface area contributed by atoms with Crippen molar-refractivity contribution in [2.75, 3.05) is 11.9 Å². The van der Waals surface area contributed by atoms with Crippen LogP contribution in [0.1, 0.15) is 26.7 Å². The maximum Gasteiger partial charge on any atom is 0.241 e. The van der Waals surface area contributed by atoms with E-state index in [-0.39, 0.29) is 24.9 Å². The number of anilines is 1. The van der Waals surface area contributed by atoms with E-state index in [4.69, 9.17) is 16.2 Å². The monoisotopic (exact) mass is 293 g/mol. The molecule has 0 aliphatic rings. The van der Waals surface area contributed by atoms with Crippen LogP contribution in [0.2, 0.25) is 0 Å². The number of hydrogen-bond donors (Lipinski definition) is 3. The summed E-state index contributed by atoms with van der Waals surface area (Å²) in [6.07, 6.45) is 1.02. The smallest absolute Gasteiger partial charge is 0.241 e. The molecule has 0 aromatic heterocycles. The highest BCUT2D eigenvalue weighted by Gasteiger charge is 2.19. The normalized spacial score (nSPS) is 13.3. The first kappa shape index (κ1) is 17.0. The number of carbonyl (C=O) groups excluding carboxylic acids is 2. The summed E-state index contributed by atoms with van der Waals surface area (Å²) < 4.78 is 5.34. The summed E-state index contributed by atoms with van der Waals surface area (Å²) in [6, 6.07) is 6.35. The van der Waals surface area contributed by atoms with E-state index in [2.05, 4.69) is 5.32 Å². The van der Waals surface area contributed by atoms with Gasteiger partial charge in [-0.15, -0.1) is 0 Å². The second-order valence-corrected chi connectivity index (χ2v) is 4.99. The molecule has 2 atom stereocenters. The fourth-order valence-electron chi connectivity index (χ4n) is 1.64. The van der Waals surface area contributed by atoms with Gasteiger partial charge >= 0.3 is 0 Å². The molecule has 5 N–H and O–H groups in total. The molecule has 2 amide bonds. The Kier molecular flexibility index (Phi) is 6.68. The lowest BCUT2D eigenvalue weighted by atomic mass is 9.99. The van der Waals surface area contributed by atoms with Crippen molar-refractivity contribution in [3.05, 3.63) is 24.3 Å². The molecule has 1 aromatic carbocycles. The van der Waals surface area contributed by atoms with Gasteiger partial charge in [0.1, 0.15) is 5.75 Å². The summed E-state index contributed by atoms with van der Waals surface area (Å²) in [6.45, 7) is 4.18. The quantitative estimate of drug-likeness (QED) is 0.670. The van der Waals surface area contributed by atoms with E-state index in [1.165, 1.54) is 0 Å². The Morgan fingerprint density at radius 2 is 1.90 bits per heavy atom. The fourth-order valence-corrected chi connectivity index (χ4v) is 1.64. The zero-order valence-electron chi connectivity index (χ0n) is 12.5. The van der Waals surface area contributed by atoms with Crippen LogP contribution in [-0.4, -0.2) is 24.5 Å². The second kappa shape index (κ2) is 8.26. The van der Waals surface area contributed by atoms with Gasteiger partial charge in [0, 0.05) is 5.69 Å². The lowest BCUT2D eigenvalue weighted by Gasteiger charge is -2.17. The summed E-state index contributed by atoms with van der Waals surface area (Å²) in [4.78, 5) is 22.5. The van der Waals surface area contributed by atoms with Crippen LogP contribution < -0.4 is 21.5 Å². The molecule has 0 aliphatic heterocycles. The molecule has 116 valence electrons. The van der Waals surface area contributed by atoms with Crippen LogP contribution in [0.4, 0.5) is 5.69 Å². The first-order chi connectivity index (χ1) is 9.93. The number of amides is 2. The van der Waals surface area contributed by atoms with Gasteiger partial charge in [0.05, 0.1) is 19.1 Å². The summed E-state index contributed by atoms with van der Waals surface area (Å²) in [5, 5.41) is 2.76. The Morgan fingerprint density at radius 3 is 2.43 bits per heavy atom. The summed E-state index contributed by atoms with van der Waals surface area (Å²) >= 11 is 0. The molecule has 1 rings (SSSR count). The zero-order valence-corrected chi connectivity index (χ0v) is 12.5. The third kappa shape index (κ3) is 5.83. The number of ether oxygens (including phenoxy) is 1. The van der Waals surface area contributed by atoms with E-state index >= 15 is 0 Å². The number of benzene rings is 1. The number of carbonyl (C=O) groups is 2. The van der Waals surface area contributed by atoms with Crippen molar-refractivity contribution in [1.29, 1.82) is 0 Å². The van der Waals surface area contributed by atoms with Gasteiger partial charge in [-0.2, -0.15) is 0 Å². The lowest BCUT2D eigenvalue weighted by Crippen LogP contribution is -2.40. The fraction of sp³-hybridized carbons (Fsp3) is 0.467. The third-order valence-corrected chi connectivity index (χ3v) is 3.30. The first-order valence-corrected chi connectivity index (χ1v) is 7.01. The topological polar surface area (TPSA) is 107 Å². The van der Waals surface area contributed by atoms with Crippen molar-refractivity contribution in [1.82, 2.24) is 0 Å². The van der Waals surface area contributed by atoms with Crippen molar-refractivity contribution in [2.24, 2.45) is 17.4 Å². The van der Waals surface area contributed by atoms with Crippen molar-refractivity contribution in [2.45, 2.75) is 32.7 Å². The highest BCUT2D eigenvalue weighted by atomic mass is 16.5. The minimum atomic E-state index is -0.526. The summed E-state index contributed by atoms with van der Waals surface area (Å²) in [7, 11) is 0. The standard InChI is InChI=1S/C15H23N3O3/c1-3-10(2)14(17)15(20)18-11-4-6-12(7-5-11)21-9-8-13(16)19/h4-7,10,14H,3,8-9,17H2,1-2H3,(H2,16,19)(H,18,20). The van der Waals surface area contributed by atoms with Crippen molar-refractivity contribution in [3.63, 3.8) is 0 Å². The van der Waals surface area contributed by atoms with E-state index in [1.807, 2.05) is 13.8 Å². The molecule has 0 fully saturated rings. The SMILES string of the molecule is CCC(C)C(N)C(=O)Nc1ccc(OCCC(N)=O)cc1. The summed E-state index contributed by atoms with van der Waals surface area (Å²) in [5.74, 6) is 0.131. The number of nitrogens with two attached hydrogens (primary N) is 2. The molecule has 6 nitrogen and oxygen atoms in total. The van der Waals surface area contributed by atoms with Crippen molar-refractivity contribution >= 4 is 17.5 Å². The van der Waals surface area contributed by atoms with Gasteiger partial charge in [-0.1, -0.05) is 20.3 Å². The Morgan fingerprint density at radius 1 is 1.29 bits per heavy atom. The van der Waals surface area contributed by atoms with Crippen molar-refractivity contribution < 1.29 is 14.3 Å². The Bertz CT molecular complexity index is 474. The van der Waals surface area contributed by atoms with Gasteiger partial charge in [0.15, 0.2) is 0 Å². The number of hydrogen-bond acceptors (Lipinski definition) is 4. The molecule has 6 heteroatoms. The van der Waals surface area contributed by atoms with E-state index in [9.17, 15) is 9.59 Å². The van der Waals surface area contributed by atoms with Crippen LogP contribution in [0.25, 0.3) is 0 Å². The van der Waals surface area contributed by atoms with Crippen LogP contribution >= 0.6 is 0 Å². The van der Waals surface area contributed by atoms with Gasteiger partial charge in [-0.3, -0.25) is 9.59 Å². The predicted octanol–water partition coefficient (Wildman–Crippen LogP) is 1.25. The molecular formula is C15H23N3O3. The van der Waals surface area contributed by atoms with Gasteiger partial charge < -0.3 is 21.5 Å². The van der Waals surface area contributed by atoms with Crippen LogP contribution in [0.5, 0.6) is 5.75 Å². The van der Waals surface area contributed by atoms with Gasteiger partial charge in [0.2, 0.25) is 11.8 Å². The predicted molar refractivity (Wildman–Crippen MR) is 81.8 cm³/mol. The largest absolute Gasteiger partial charge is 0.493 e. The Labute approximate surface area is 124 Å². The molecule has 0 heterocycles. The molecule has 0 aliphatic carbocycles. The number of rotatable bonds is 8. The highest BCUT2D eigenvalue weighted by molar-refractivity contribution is 5.94. The van der Waals surface area contributed by atoms with E-state index in [0.717, 1.165) is 6.42 Å². The molecule has 21 heavy (non-hydrogen) atoms. The minimum absolute atomic E-state index is 0.126. The molecule has 2 unspecified atom stereocenters. The van der Waals surface area contributed by atoms with Crippen LogP contribution in [0.3, 0.4) is 0 Å². The van der Waals surface area contributed by atoms with Gasteiger partial charge in [0.25, 0.3) is 0 Å². The average molecular weight is 293 g/mol. The Hall–Kier alpha value is -2.08. The maximum atomic E-state index is 11.9. The molecule has 1 aromatic rings. The molecule has 0 saturated carbocycles. The van der Waals surface area contributed by atoms with Gasteiger partial charge in [-0.25, -0.2) is 0 Å². The summed E-state index contributed by atoms with van der Waals surface area (Å²) in [5.41, 5.74) is 11.5. The minimum Gasteiger partial charge on any atom is -0.493 e. The van der Waals surface area contributed by atoms with Crippen LogP contribution in [0, 0.1) is 5.92 Å². The molecular weight excluding hydrogens is 270 g/mol. The zero-order chi connectivity index (χ0) is 15.8.